The van der Waals surface area contributed by atoms with Crippen molar-refractivity contribution in [3.63, 3.8) is 0 Å². The van der Waals surface area contributed by atoms with E-state index in [0.29, 0.717) is 17.1 Å². The van der Waals surface area contributed by atoms with Gasteiger partial charge in [-0.2, -0.15) is 11.8 Å². The van der Waals surface area contributed by atoms with Crippen LogP contribution in [0, 0.1) is 23.7 Å². The van der Waals surface area contributed by atoms with E-state index in [0.717, 1.165) is 11.8 Å². The van der Waals surface area contributed by atoms with Crippen molar-refractivity contribution >= 4 is 11.8 Å². The second-order valence-electron chi connectivity index (χ2n) is 3.86. The molecule has 4 bridgehead atoms. The molecule has 0 nitrogen and oxygen atoms in total. The van der Waals surface area contributed by atoms with E-state index in [2.05, 4.69) is 6.26 Å². The molecule has 0 saturated heterocycles. The Bertz CT molecular complexity index is 182. The van der Waals surface area contributed by atoms with Crippen LogP contribution in [-0.4, -0.2) is 17.7 Å². The fraction of sp³-hybridized carbons (Fsp3) is 1.00. The van der Waals surface area contributed by atoms with E-state index < -0.39 is 6.17 Å². The first-order valence-electron chi connectivity index (χ1n) is 4.01. The fourth-order valence-corrected chi connectivity index (χ4v) is 4.62. The molecule has 4 aliphatic carbocycles. The molecule has 10 heavy (non-hydrogen) atoms. The van der Waals surface area contributed by atoms with Crippen molar-refractivity contribution < 1.29 is 4.39 Å². The second kappa shape index (κ2) is 1.55. The Hall–Kier alpha value is 0.280. The predicted molar refractivity (Wildman–Crippen MR) is 40.8 cm³/mol. The maximum absolute atomic E-state index is 13.2. The van der Waals surface area contributed by atoms with Gasteiger partial charge in [0.05, 0.1) is 0 Å². The summed E-state index contributed by atoms with van der Waals surface area (Å²) in [5.41, 5.74) is 0. The zero-order chi connectivity index (χ0) is 6.88. The van der Waals surface area contributed by atoms with Crippen LogP contribution < -0.4 is 0 Å². The zero-order valence-corrected chi connectivity index (χ0v) is 6.77. The minimum atomic E-state index is -0.410. The van der Waals surface area contributed by atoms with E-state index in [9.17, 15) is 4.39 Å². The van der Waals surface area contributed by atoms with Gasteiger partial charge in [0.1, 0.15) is 6.17 Å². The Labute approximate surface area is 64.6 Å². The first kappa shape index (κ1) is 5.87. The Kier molecular flexibility index (Phi) is 0.908. The molecule has 4 rings (SSSR count). The molecule has 6 unspecified atom stereocenters. The Morgan fingerprint density at radius 2 is 2.10 bits per heavy atom. The van der Waals surface area contributed by atoms with Crippen LogP contribution >= 0.6 is 11.8 Å². The van der Waals surface area contributed by atoms with Crippen LogP contribution in [0.4, 0.5) is 4.39 Å². The summed E-state index contributed by atoms with van der Waals surface area (Å²) in [5, 5.41) is 0.699. The Morgan fingerprint density at radius 1 is 1.30 bits per heavy atom. The summed E-state index contributed by atoms with van der Waals surface area (Å²) >= 11 is 1.90. The van der Waals surface area contributed by atoms with Crippen molar-refractivity contribution in [2.45, 2.75) is 17.8 Å². The second-order valence-corrected chi connectivity index (χ2v) is 4.88. The highest BCUT2D eigenvalue weighted by atomic mass is 32.2. The molecule has 4 fully saturated rings. The lowest BCUT2D eigenvalue weighted by Gasteiger charge is -2.11. The molecule has 0 aromatic heterocycles. The van der Waals surface area contributed by atoms with Crippen molar-refractivity contribution in [3.8, 4) is 0 Å². The third-order valence-electron chi connectivity index (χ3n) is 3.69. The highest BCUT2D eigenvalue weighted by Gasteiger charge is 2.73. The molecule has 0 N–H and O–H groups in total. The van der Waals surface area contributed by atoms with Gasteiger partial charge in [0.2, 0.25) is 0 Å². The van der Waals surface area contributed by atoms with Gasteiger partial charge in [0.25, 0.3) is 0 Å². The van der Waals surface area contributed by atoms with E-state index in [-0.39, 0.29) is 0 Å². The molecule has 0 aromatic rings. The molecule has 4 aliphatic rings. The minimum absolute atomic E-state index is 0.410. The average molecular weight is 158 g/mol. The molecule has 6 atom stereocenters. The van der Waals surface area contributed by atoms with E-state index in [1.165, 1.54) is 6.42 Å². The summed E-state index contributed by atoms with van der Waals surface area (Å²) in [7, 11) is 0. The summed E-state index contributed by atoms with van der Waals surface area (Å²) in [6.45, 7) is 0. The molecule has 0 amide bonds. The number of rotatable bonds is 1. The maximum Gasteiger partial charge on any atom is 0.107 e. The molecule has 0 aliphatic heterocycles. The van der Waals surface area contributed by atoms with Crippen LogP contribution in [0.25, 0.3) is 0 Å². The van der Waals surface area contributed by atoms with Crippen LogP contribution in [0.15, 0.2) is 0 Å². The number of hydrogen-bond donors (Lipinski definition) is 0. The van der Waals surface area contributed by atoms with Crippen molar-refractivity contribution in [2.24, 2.45) is 23.7 Å². The van der Waals surface area contributed by atoms with Crippen molar-refractivity contribution in [1.82, 2.24) is 0 Å². The summed E-state index contributed by atoms with van der Waals surface area (Å²) in [4.78, 5) is 0. The molecule has 56 valence electrons. The van der Waals surface area contributed by atoms with Crippen LogP contribution in [0.2, 0.25) is 0 Å². The topological polar surface area (TPSA) is 0 Å². The van der Waals surface area contributed by atoms with Crippen molar-refractivity contribution in [1.29, 1.82) is 0 Å². The average Bonchev–Trinajstić information content (AvgIpc) is 2.29. The lowest BCUT2D eigenvalue weighted by atomic mass is 10.1. The van der Waals surface area contributed by atoms with E-state index in [4.69, 9.17) is 0 Å². The van der Waals surface area contributed by atoms with Crippen LogP contribution in [0.3, 0.4) is 0 Å². The number of thioether (sulfide) groups is 1. The molecule has 4 saturated carbocycles. The van der Waals surface area contributed by atoms with E-state index in [1.54, 1.807) is 0 Å². The van der Waals surface area contributed by atoms with E-state index >= 15 is 0 Å². The minimum Gasteiger partial charge on any atom is -0.247 e. The standard InChI is InChI=1S/C8H11FS/c1-10-8-4-2-3-5(6(3)8)7(4)9/h3-8H,2H2,1H3. The quantitative estimate of drug-likeness (QED) is 0.562. The van der Waals surface area contributed by atoms with Gasteiger partial charge in [-0.1, -0.05) is 0 Å². The molecular weight excluding hydrogens is 147 g/mol. The van der Waals surface area contributed by atoms with Crippen molar-refractivity contribution in [3.05, 3.63) is 0 Å². The van der Waals surface area contributed by atoms with Gasteiger partial charge in [-0.15, -0.1) is 0 Å². The molecule has 0 radical (unpaired) electrons. The molecule has 0 aromatic carbocycles. The highest BCUT2D eigenvalue weighted by molar-refractivity contribution is 7.99. The SMILES string of the molecule is CSC1C2CC3C(C2F)C31. The Balaban J connectivity index is 1.95. The van der Waals surface area contributed by atoms with Crippen molar-refractivity contribution in [2.75, 3.05) is 6.26 Å². The van der Waals surface area contributed by atoms with Gasteiger partial charge < -0.3 is 0 Å². The summed E-state index contributed by atoms with van der Waals surface area (Å²) in [6, 6.07) is 0. The van der Waals surface area contributed by atoms with Crippen LogP contribution in [0.5, 0.6) is 0 Å². The molecule has 0 spiro atoms. The summed E-state index contributed by atoms with van der Waals surface area (Å²) in [6.07, 6.45) is 2.93. The van der Waals surface area contributed by atoms with Gasteiger partial charge in [-0.05, 0) is 30.4 Å². The van der Waals surface area contributed by atoms with Gasteiger partial charge in [-0.3, -0.25) is 0 Å². The van der Waals surface area contributed by atoms with Gasteiger partial charge in [0.15, 0.2) is 0 Å². The highest BCUT2D eigenvalue weighted by Crippen LogP contribution is 2.73. The number of hydrogen-bond acceptors (Lipinski definition) is 1. The van der Waals surface area contributed by atoms with Crippen LogP contribution in [-0.2, 0) is 0 Å². The van der Waals surface area contributed by atoms with Gasteiger partial charge in [0, 0.05) is 11.2 Å². The third kappa shape index (κ3) is 0.421. The predicted octanol–water partition coefficient (Wildman–Crippen LogP) is 1.95. The number of alkyl halides is 1. The third-order valence-corrected chi connectivity index (χ3v) is 4.90. The largest absolute Gasteiger partial charge is 0.247 e. The molecular formula is C8H11FS. The lowest BCUT2D eigenvalue weighted by Crippen LogP contribution is -2.13. The summed E-state index contributed by atoms with van der Waals surface area (Å²) < 4.78 is 13.2. The van der Waals surface area contributed by atoms with Crippen LogP contribution in [0.1, 0.15) is 6.42 Å². The lowest BCUT2D eigenvalue weighted by molar-refractivity contribution is 0.273. The zero-order valence-electron chi connectivity index (χ0n) is 5.96. The molecule has 0 heterocycles. The molecule has 2 heteroatoms. The monoisotopic (exact) mass is 158 g/mol. The first-order chi connectivity index (χ1) is 4.84. The smallest absolute Gasteiger partial charge is 0.107 e. The normalized spacial score (nSPS) is 69.0. The van der Waals surface area contributed by atoms with E-state index in [1.807, 2.05) is 11.8 Å². The summed E-state index contributed by atoms with van der Waals surface area (Å²) in [5.74, 6) is 2.59. The fourth-order valence-electron chi connectivity index (χ4n) is 3.32. The van der Waals surface area contributed by atoms with Gasteiger partial charge in [-0.25, -0.2) is 4.39 Å². The maximum atomic E-state index is 13.2. The first-order valence-corrected chi connectivity index (χ1v) is 5.30. The Morgan fingerprint density at radius 3 is 2.30 bits per heavy atom. The van der Waals surface area contributed by atoms with Gasteiger partial charge >= 0.3 is 0 Å². The number of halogens is 1.